The van der Waals surface area contributed by atoms with Gasteiger partial charge in [-0.25, -0.2) is 10.4 Å². The van der Waals surface area contributed by atoms with Crippen molar-refractivity contribution in [2.24, 2.45) is 15.3 Å². The van der Waals surface area contributed by atoms with Gasteiger partial charge in [-0.15, -0.1) is 0 Å². The minimum absolute atomic E-state index is 0.253. The summed E-state index contributed by atoms with van der Waals surface area (Å²) in [5.41, 5.74) is 2.61. The highest BCUT2D eigenvalue weighted by atomic mass is 32.1. The molecule has 1 unspecified atom stereocenters. The van der Waals surface area contributed by atoms with Gasteiger partial charge in [0.15, 0.2) is 17.0 Å². The summed E-state index contributed by atoms with van der Waals surface area (Å²) in [6.45, 7) is 0. The summed E-state index contributed by atoms with van der Waals surface area (Å²) in [4.78, 5) is 4.50. The first-order chi connectivity index (χ1) is 5.27. The molecule has 2 aliphatic heterocycles. The first-order valence-corrected chi connectivity index (χ1v) is 3.68. The van der Waals surface area contributed by atoms with Crippen LogP contribution in [0.5, 0.6) is 0 Å². The highest BCUT2D eigenvalue weighted by Crippen LogP contribution is 2.07. The van der Waals surface area contributed by atoms with Gasteiger partial charge in [-0.2, -0.15) is 5.11 Å². The maximum Gasteiger partial charge on any atom is 0.199 e. The number of hydrogen-bond donors (Lipinski definition) is 2. The molecule has 0 amide bonds. The number of thiocarbonyl (C=S) groups is 2. The highest BCUT2D eigenvalue weighted by molar-refractivity contribution is 7.82. The minimum atomic E-state index is -0.253. The summed E-state index contributed by atoms with van der Waals surface area (Å²) in [5, 5.41) is 10.5. The molecule has 0 radical (unpaired) electrons. The number of hydrogen-bond acceptors (Lipinski definition) is 5. The van der Waals surface area contributed by atoms with Gasteiger partial charge in [0, 0.05) is 0 Å². The maximum absolute atomic E-state index is 4.95. The topological polar surface area (TPSA) is 61.1 Å². The van der Waals surface area contributed by atoms with Gasteiger partial charge in [-0.3, -0.25) is 0 Å². The van der Waals surface area contributed by atoms with E-state index in [0.29, 0.717) is 15.9 Å². The van der Waals surface area contributed by atoms with E-state index < -0.39 is 0 Å². The molecule has 0 aliphatic carbocycles. The molecule has 5 nitrogen and oxygen atoms in total. The Morgan fingerprint density at radius 2 is 2.18 bits per heavy atom. The fourth-order valence-electron chi connectivity index (χ4n) is 0.828. The summed E-state index contributed by atoms with van der Waals surface area (Å²) < 4.78 is 0. The van der Waals surface area contributed by atoms with Crippen LogP contribution in [0.3, 0.4) is 0 Å². The van der Waals surface area contributed by atoms with E-state index in [4.69, 9.17) is 24.4 Å². The molecule has 0 saturated carbocycles. The molecule has 0 spiro atoms. The highest BCUT2D eigenvalue weighted by Gasteiger charge is 2.29. The molecule has 0 aromatic heterocycles. The van der Waals surface area contributed by atoms with E-state index in [-0.39, 0.29) is 6.04 Å². The van der Waals surface area contributed by atoms with Crippen molar-refractivity contribution in [2.45, 2.75) is 6.04 Å². The van der Waals surface area contributed by atoms with E-state index in [2.05, 4.69) is 26.1 Å². The monoisotopic (exact) mass is 185 g/mol. The molecular weight excluding hydrogens is 182 g/mol. The summed E-state index contributed by atoms with van der Waals surface area (Å²) >= 11 is 9.74. The number of fused-ring (bicyclic) bond motifs is 1. The van der Waals surface area contributed by atoms with Crippen LogP contribution < -0.4 is 10.7 Å². The lowest BCUT2D eigenvalue weighted by atomic mass is 10.2. The summed E-state index contributed by atoms with van der Waals surface area (Å²) in [6.07, 6.45) is 0. The van der Waals surface area contributed by atoms with Crippen LogP contribution in [0.2, 0.25) is 0 Å². The van der Waals surface area contributed by atoms with Gasteiger partial charge in [0.1, 0.15) is 4.99 Å². The molecule has 0 saturated heterocycles. The fourth-order valence-corrected chi connectivity index (χ4v) is 1.36. The van der Waals surface area contributed by atoms with Gasteiger partial charge in [-0.05, 0) is 12.2 Å². The summed E-state index contributed by atoms with van der Waals surface area (Å²) in [5.74, 6) is 0.610. The number of rotatable bonds is 0. The summed E-state index contributed by atoms with van der Waals surface area (Å²) in [7, 11) is 0. The van der Waals surface area contributed by atoms with E-state index in [1.807, 2.05) is 0 Å². The average molecular weight is 185 g/mol. The van der Waals surface area contributed by atoms with E-state index in [1.54, 1.807) is 0 Å². The summed E-state index contributed by atoms with van der Waals surface area (Å²) in [6, 6.07) is -0.253. The van der Waals surface area contributed by atoms with Gasteiger partial charge >= 0.3 is 0 Å². The van der Waals surface area contributed by atoms with E-state index in [1.165, 1.54) is 0 Å². The van der Waals surface area contributed by atoms with E-state index in [9.17, 15) is 0 Å². The van der Waals surface area contributed by atoms with Crippen LogP contribution in [0.25, 0.3) is 0 Å². The Bertz CT molecular complexity index is 293. The quantitative estimate of drug-likeness (QED) is 0.519. The van der Waals surface area contributed by atoms with Crippen molar-refractivity contribution in [1.29, 1.82) is 0 Å². The third-order valence-electron chi connectivity index (χ3n) is 1.30. The average Bonchev–Trinajstić information content (AvgIpc) is 2.34. The van der Waals surface area contributed by atoms with Crippen LogP contribution in [0.15, 0.2) is 15.3 Å². The van der Waals surface area contributed by atoms with Crippen molar-refractivity contribution in [3.63, 3.8) is 0 Å². The predicted molar refractivity (Wildman–Crippen MR) is 47.5 cm³/mol. The van der Waals surface area contributed by atoms with Crippen LogP contribution in [-0.2, 0) is 0 Å². The molecule has 1 atom stereocenters. The zero-order valence-electron chi connectivity index (χ0n) is 5.24. The second kappa shape index (κ2) is 2.28. The maximum atomic E-state index is 4.95. The zero-order valence-corrected chi connectivity index (χ0v) is 6.87. The van der Waals surface area contributed by atoms with Crippen LogP contribution in [0.1, 0.15) is 0 Å². The van der Waals surface area contributed by atoms with Crippen LogP contribution in [0, 0.1) is 0 Å². The Hall–Kier alpha value is -0.950. The first kappa shape index (κ1) is 6.74. The number of aliphatic imine (C=N–C) groups is 1. The molecule has 11 heavy (non-hydrogen) atoms. The standard InChI is InChI=1S/C4H3N5S2/c10-3-1-2(8-9-7-1)5-4(11)6-3/h1H,(H2,5,6,7,8,10,11). The molecule has 0 fully saturated rings. The molecule has 2 aliphatic rings. The lowest BCUT2D eigenvalue weighted by molar-refractivity contribution is 0.952. The fraction of sp³-hybridized carbons (Fsp3) is 0.250. The molecular formula is C4H3N5S2. The molecule has 0 aromatic carbocycles. The van der Waals surface area contributed by atoms with Crippen molar-refractivity contribution >= 4 is 40.4 Å². The Kier molecular flexibility index (Phi) is 1.40. The number of nitrogens with zero attached hydrogens (tertiary/aromatic N) is 3. The van der Waals surface area contributed by atoms with Gasteiger partial charge in [-0.1, -0.05) is 17.4 Å². The van der Waals surface area contributed by atoms with Crippen LogP contribution in [0.4, 0.5) is 0 Å². The van der Waals surface area contributed by atoms with Crippen molar-refractivity contribution in [1.82, 2.24) is 10.7 Å². The minimum Gasteiger partial charge on any atom is -0.323 e. The molecule has 0 bridgehead atoms. The third kappa shape index (κ3) is 1.02. The van der Waals surface area contributed by atoms with Gasteiger partial charge in [0.2, 0.25) is 0 Å². The normalized spacial score (nSPS) is 27.3. The molecule has 2 heterocycles. The SMILES string of the molecule is S=C1N=C2NN=NC2C(=S)N1. The molecule has 2 N–H and O–H groups in total. The van der Waals surface area contributed by atoms with Gasteiger partial charge < -0.3 is 5.32 Å². The zero-order chi connectivity index (χ0) is 7.84. The van der Waals surface area contributed by atoms with E-state index in [0.717, 1.165) is 0 Å². The van der Waals surface area contributed by atoms with Crippen LogP contribution >= 0.6 is 24.4 Å². The molecule has 0 aromatic rings. The van der Waals surface area contributed by atoms with Crippen molar-refractivity contribution in [3.8, 4) is 0 Å². The van der Waals surface area contributed by atoms with Crippen molar-refractivity contribution < 1.29 is 0 Å². The van der Waals surface area contributed by atoms with Crippen molar-refractivity contribution in [2.75, 3.05) is 0 Å². The van der Waals surface area contributed by atoms with Gasteiger partial charge in [0.05, 0.1) is 0 Å². The second-order valence-corrected chi connectivity index (χ2v) is 2.85. The lowest BCUT2D eigenvalue weighted by Crippen LogP contribution is -2.45. The smallest absolute Gasteiger partial charge is 0.199 e. The van der Waals surface area contributed by atoms with Crippen molar-refractivity contribution in [3.05, 3.63) is 0 Å². The Balaban J connectivity index is 2.40. The Labute approximate surface area is 73.0 Å². The second-order valence-electron chi connectivity index (χ2n) is 2.02. The number of amidine groups is 1. The largest absolute Gasteiger partial charge is 0.323 e. The molecule has 7 heteroatoms. The van der Waals surface area contributed by atoms with Crippen LogP contribution in [-0.4, -0.2) is 22.0 Å². The first-order valence-electron chi connectivity index (χ1n) is 2.86. The lowest BCUT2D eigenvalue weighted by Gasteiger charge is -2.15. The molecule has 56 valence electrons. The molecule has 2 rings (SSSR count). The Morgan fingerprint density at radius 1 is 1.36 bits per heavy atom. The van der Waals surface area contributed by atoms with E-state index >= 15 is 0 Å². The number of nitrogens with one attached hydrogen (secondary N) is 2. The third-order valence-corrected chi connectivity index (χ3v) is 1.82. The van der Waals surface area contributed by atoms with Gasteiger partial charge in [0.25, 0.3) is 0 Å². The Morgan fingerprint density at radius 3 is 3.00 bits per heavy atom. The predicted octanol–water partition coefficient (Wildman–Crippen LogP) is -0.0606.